The van der Waals surface area contributed by atoms with Crippen molar-refractivity contribution in [1.82, 2.24) is 14.9 Å². The third-order valence-corrected chi connectivity index (χ3v) is 6.02. The van der Waals surface area contributed by atoms with E-state index in [1.54, 1.807) is 24.4 Å². The minimum atomic E-state index is -0.501. The van der Waals surface area contributed by atoms with Crippen LogP contribution in [0.15, 0.2) is 78.5 Å². The number of aryl methyl sites for hydroxylation is 1. The molecule has 162 valence electrons. The number of nitrogens with zero attached hydrogens (tertiary/aromatic N) is 3. The minimum Gasteiger partial charge on any atom is -0.318 e. The van der Waals surface area contributed by atoms with Crippen LogP contribution >= 0.6 is 12.2 Å². The molecule has 0 saturated carbocycles. The molecule has 7 heteroatoms. The molecule has 33 heavy (non-hydrogen) atoms. The van der Waals surface area contributed by atoms with Crippen LogP contribution in [-0.4, -0.2) is 26.5 Å². The zero-order valence-corrected chi connectivity index (χ0v) is 18.9. The summed E-state index contributed by atoms with van der Waals surface area (Å²) in [6.45, 7) is 3.97. The van der Waals surface area contributed by atoms with E-state index in [1.807, 2.05) is 62.4 Å². The summed E-state index contributed by atoms with van der Waals surface area (Å²) < 4.78 is 2.10. The van der Waals surface area contributed by atoms with Crippen molar-refractivity contribution in [2.24, 2.45) is 0 Å². The summed E-state index contributed by atoms with van der Waals surface area (Å²) >= 11 is 5.27. The number of nitrogens with one attached hydrogen (secondary N) is 1. The Morgan fingerprint density at radius 2 is 1.73 bits per heavy atom. The van der Waals surface area contributed by atoms with Crippen molar-refractivity contribution in [3.8, 4) is 5.69 Å². The number of carbonyl (C=O) groups is 2. The number of amides is 2. The first-order valence-electron chi connectivity index (χ1n) is 10.4. The molecule has 0 radical (unpaired) electrons. The van der Waals surface area contributed by atoms with Crippen LogP contribution in [0.3, 0.4) is 0 Å². The van der Waals surface area contributed by atoms with Gasteiger partial charge in [0.1, 0.15) is 5.57 Å². The summed E-state index contributed by atoms with van der Waals surface area (Å²) in [5.41, 5.74) is 5.25. The smallest absolute Gasteiger partial charge is 0.270 e. The van der Waals surface area contributed by atoms with E-state index >= 15 is 0 Å². The predicted molar refractivity (Wildman–Crippen MR) is 133 cm³/mol. The first-order chi connectivity index (χ1) is 15.9. The van der Waals surface area contributed by atoms with Crippen molar-refractivity contribution in [1.29, 1.82) is 0 Å². The molecule has 1 aliphatic rings. The van der Waals surface area contributed by atoms with Gasteiger partial charge in [0, 0.05) is 28.7 Å². The van der Waals surface area contributed by atoms with Crippen LogP contribution in [0.25, 0.3) is 22.7 Å². The Bertz CT molecular complexity index is 1470. The number of aromatic nitrogens is 2. The van der Waals surface area contributed by atoms with E-state index in [2.05, 4.69) is 20.9 Å². The zero-order chi connectivity index (χ0) is 23.1. The molecule has 1 N–H and O–H groups in total. The monoisotopic (exact) mass is 452 g/mol. The fourth-order valence-electron chi connectivity index (χ4n) is 4.16. The summed E-state index contributed by atoms with van der Waals surface area (Å²) in [6.07, 6.45) is 3.41. The van der Waals surface area contributed by atoms with Gasteiger partial charge in [-0.1, -0.05) is 24.3 Å². The van der Waals surface area contributed by atoms with E-state index in [0.717, 1.165) is 33.5 Å². The summed E-state index contributed by atoms with van der Waals surface area (Å²) in [4.78, 5) is 31.7. The maximum absolute atomic E-state index is 13.3. The molecule has 0 aliphatic carbocycles. The van der Waals surface area contributed by atoms with Gasteiger partial charge >= 0.3 is 0 Å². The maximum Gasteiger partial charge on any atom is 0.270 e. The van der Waals surface area contributed by atoms with E-state index < -0.39 is 11.8 Å². The van der Waals surface area contributed by atoms with Gasteiger partial charge in [-0.15, -0.1) is 0 Å². The van der Waals surface area contributed by atoms with Gasteiger partial charge in [0.15, 0.2) is 5.11 Å². The number of benzene rings is 2. The average Bonchev–Trinajstić information content (AvgIpc) is 3.09. The SMILES string of the molecule is Cc1cc(C=C2C(=O)NC(=S)N(c3ccccc3)C2=O)c(C)n1-c1ccc2ncccc2c1. The second-order valence-corrected chi connectivity index (χ2v) is 8.22. The number of pyridine rings is 1. The van der Waals surface area contributed by atoms with Crippen molar-refractivity contribution in [2.75, 3.05) is 4.90 Å². The second kappa shape index (κ2) is 8.11. The molecule has 2 aromatic heterocycles. The third kappa shape index (κ3) is 3.62. The molecule has 1 fully saturated rings. The fourth-order valence-corrected chi connectivity index (χ4v) is 4.44. The van der Waals surface area contributed by atoms with E-state index in [1.165, 1.54) is 4.90 Å². The number of para-hydroxylation sites is 1. The standard InChI is InChI=1S/C26H20N4O2S/c1-16-13-19(17(2)29(16)21-10-11-23-18(14-21)7-6-12-27-23)15-22-24(31)28-26(33)30(25(22)32)20-8-4-3-5-9-20/h3-15H,1-2H3,(H,28,31,33). The zero-order valence-electron chi connectivity index (χ0n) is 18.1. The van der Waals surface area contributed by atoms with Crippen molar-refractivity contribution in [3.05, 3.63) is 95.5 Å². The lowest BCUT2D eigenvalue weighted by molar-refractivity contribution is -0.122. The first-order valence-corrected chi connectivity index (χ1v) is 10.9. The Kier molecular flexibility index (Phi) is 5.11. The number of hydrogen-bond donors (Lipinski definition) is 1. The lowest BCUT2D eigenvalue weighted by Crippen LogP contribution is -2.54. The van der Waals surface area contributed by atoms with Gasteiger partial charge in [0.2, 0.25) is 0 Å². The van der Waals surface area contributed by atoms with E-state index in [-0.39, 0.29) is 10.7 Å². The van der Waals surface area contributed by atoms with Crippen molar-refractivity contribution >= 4 is 51.8 Å². The summed E-state index contributed by atoms with van der Waals surface area (Å²) in [5, 5.41) is 3.75. The van der Waals surface area contributed by atoms with E-state index in [9.17, 15) is 9.59 Å². The Morgan fingerprint density at radius 3 is 2.52 bits per heavy atom. The molecular weight excluding hydrogens is 432 g/mol. The molecular formula is C26H20N4O2S. The molecule has 2 aromatic carbocycles. The second-order valence-electron chi connectivity index (χ2n) is 7.84. The highest BCUT2D eigenvalue weighted by Crippen LogP contribution is 2.27. The van der Waals surface area contributed by atoms with Gasteiger partial charge in [-0.2, -0.15) is 0 Å². The van der Waals surface area contributed by atoms with Crippen LogP contribution in [0.1, 0.15) is 17.0 Å². The molecule has 1 aliphatic heterocycles. The van der Waals surface area contributed by atoms with Gasteiger partial charge < -0.3 is 4.57 Å². The Morgan fingerprint density at radius 1 is 0.939 bits per heavy atom. The topological polar surface area (TPSA) is 67.2 Å². The largest absolute Gasteiger partial charge is 0.318 e. The highest BCUT2D eigenvalue weighted by Gasteiger charge is 2.34. The van der Waals surface area contributed by atoms with Gasteiger partial charge in [0.05, 0.1) is 11.2 Å². The van der Waals surface area contributed by atoms with Gasteiger partial charge in [-0.25, -0.2) is 0 Å². The molecule has 0 spiro atoms. The molecule has 5 rings (SSSR count). The third-order valence-electron chi connectivity index (χ3n) is 5.73. The van der Waals surface area contributed by atoms with Crippen LogP contribution in [0, 0.1) is 13.8 Å². The number of fused-ring (bicyclic) bond motifs is 1. The molecule has 0 bridgehead atoms. The maximum atomic E-state index is 13.3. The van der Waals surface area contributed by atoms with Crippen molar-refractivity contribution in [3.63, 3.8) is 0 Å². The quantitative estimate of drug-likeness (QED) is 0.283. The molecule has 4 aromatic rings. The number of hydrogen-bond acceptors (Lipinski definition) is 4. The normalized spacial score (nSPS) is 15.4. The highest BCUT2D eigenvalue weighted by atomic mass is 32.1. The van der Waals surface area contributed by atoms with E-state index in [0.29, 0.717) is 5.69 Å². The van der Waals surface area contributed by atoms with E-state index in [4.69, 9.17) is 12.2 Å². The molecule has 3 heterocycles. The molecule has 2 amide bonds. The average molecular weight is 453 g/mol. The Hall–Kier alpha value is -4.10. The molecule has 1 saturated heterocycles. The number of rotatable bonds is 3. The van der Waals surface area contributed by atoms with Gasteiger partial charge in [-0.05, 0) is 80.2 Å². The predicted octanol–water partition coefficient (Wildman–Crippen LogP) is 4.47. The van der Waals surface area contributed by atoms with Crippen molar-refractivity contribution < 1.29 is 9.59 Å². The van der Waals surface area contributed by atoms with Gasteiger partial charge in [0.25, 0.3) is 11.8 Å². The Labute approximate surface area is 196 Å². The van der Waals surface area contributed by atoms with Crippen LogP contribution in [0.5, 0.6) is 0 Å². The summed E-state index contributed by atoms with van der Waals surface area (Å²) in [7, 11) is 0. The Balaban J connectivity index is 1.57. The minimum absolute atomic E-state index is 0.0374. The summed E-state index contributed by atoms with van der Waals surface area (Å²) in [6, 6.07) is 21.0. The lowest BCUT2D eigenvalue weighted by Gasteiger charge is -2.28. The number of thiocarbonyl (C=S) groups is 1. The molecule has 0 atom stereocenters. The lowest BCUT2D eigenvalue weighted by atomic mass is 10.1. The van der Waals surface area contributed by atoms with Gasteiger partial charge in [-0.3, -0.25) is 24.8 Å². The van der Waals surface area contributed by atoms with Crippen LogP contribution in [0.4, 0.5) is 5.69 Å². The number of anilines is 1. The van der Waals surface area contributed by atoms with Crippen LogP contribution in [-0.2, 0) is 9.59 Å². The fraction of sp³-hybridized carbons (Fsp3) is 0.0769. The molecule has 6 nitrogen and oxygen atoms in total. The van der Waals surface area contributed by atoms with Crippen LogP contribution in [0.2, 0.25) is 0 Å². The first kappa shape index (κ1) is 20.8. The number of carbonyl (C=O) groups excluding carboxylic acids is 2. The summed E-state index contributed by atoms with van der Waals surface area (Å²) in [5.74, 6) is -0.949. The van der Waals surface area contributed by atoms with Crippen molar-refractivity contribution in [2.45, 2.75) is 13.8 Å². The highest BCUT2D eigenvalue weighted by molar-refractivity contribution is 7.80. The molecule has 0 unspecified atom stereocenters. The van der Waals surface area contributed by atoms with Crippen LogP contribution < -0.4 is 10.2 Å².